The molecule has 0 aliphatic heterocycles. The van der Waals surface area contributed by atoms with Gasteiger partial charge in [-0.25, -0.2) is 8.42 Å². The van der Waals surface area contributed by atoms with Crippen molar-refractivity contribution in [1.29, 1.82) is 0 Å². The first-order valence-corrected chi connectivity index (χ1v) is 6.43. The van der Waals surface area contributed by atoms with Crippen LogP contribution >= 0.6 is 0 Å². The molecule has 0 aliphatic carbocycles. The molecule has 1 rings (SSSR count). The Labute approximate surface area is 95.0 Å². The van der Waals surface area contributed by atoms with Crippen LogP contribution in [0.4, 0.5) is 5.69 Å². The molecule has 0 spiro atoms. The largest absolute Gasteiger partial charge is 0.399 e. The summed E-state index contributed by atoms with van der Waals surface area (Å²) in [5, 5.41) is 9.65. The third-order valence-electron chi connectivity index (χ3n) is 2.18. The highest BCUT2D eigenvalue weighted by atomic mass is 32.2. The molecule has 0 fully saturated rings. The first-order chi connectivity index (χ1) is 7.27. The maximum absolute atomic E-state index is 11.9. The molecular formula is C10H16N2O3S. The van der Waals surface area contributed by atoms with E-state index in [2.05, 4.69) is 0 Å². The number of nitrogens with two attached hydrogens (primary N) is 2. The van der Waals surface area contributed by atoms with E-state index >= 15 is 0 Å². The summed E-state index contributed by atoms with van der Waals surface area (Å²) < 4.78 is 23.7. The molecule has 0 heterocycles. The summed E-state index contributed by atoms with van der Waals surface area (Å²) in [5.74, 6) is -0.402. The Kier molecular flexibility index (Phi) is 3.57. The monoisotopic (exact) mass is 244 g/mol. The predicted molar refractivity (Wildman–Crippen MR) is 62.6 cm³/mol. The summed E-state index contributed by atoms with van der Waals surface area (Å²) >= 11 is 0. The smallest absolute Gasteiger partial charge is 0.181 e. The van der Waals surface area contributed by atoms with Crippen molar-refractivity contribution in [2.45, 2.75) is 17.4 Å². The summed E-state index contributed by atoms with van der Waals surface area (Å²) in [6.45, 7) is 1.28. The van der Waals surface area contributed by atoms with Gasteiger partial charge in [-0.3, -0.25) is 0 Å². The number of hydrogen-bond acceptors (Lipinski definition) is 5. The Hall–Kier alpha value is -1.11. The minimum absolute atomic E-state index is 0.110. The number of rotatable bonds is 4. The van der Waals surface area contributed by atoms with Gasteiger partial charge >= 0.3 is 0 Å². The molecule has 90 valence electrons. The number of nitrogen functional groups attached to an aromatic ring is 1. The Bertz CT molecular complexity index is 451. The fourth-order valence-electron chi connectivity index (χ4n) is 1.23. The van der Waals surface area contributed by atoms with Crippen LogP contribution in [0.1, 0.15) is 6.92 Å². The van der Waals surface area contributed by atoms with Crippen LogP contribution in [0.15, 0.2) is 29.2 Å². The summed E-state index contributed by atoms with van der Waals surface area (Å²) in [6.07, 6.45) is 0. The zero-order valence-electron chi connectivity index (χ0n) is 9.05. The van der Waals surface area contributed by atoms with E-state index in [-0.39, 0.29) is 11.4 Å². The maximum Gasteiger partial charge on any atom is 0.181 e. The molecule has 1 atom stereocenters. The highest BCUT2D eigenvalue weighted by molar-refractivity contribution is 7.91. The van der Waals surface area contributed by atoms with Crippen molar-refractivity contribution in [3.63, 3.8) is 0 Å². The van der Waals surface area contributed by atoms with Crippen molar-refractivity contribution < 1.29 is 13.5 Å². The van der Waals surface area contributed by atoms with Crippen LogP contribution in [-0.2, 0) is 9.84 Å². The van der Waals surface area contributed by atoms with Gasteiger partial charge in [0.05, 0.1) is 16.2 Å². The number of aliphatic hydroxyl groups is 1. The average molecular weight is 244 g/mol. The molecule has 5 N–H and O–H groups in total. The summed E-state index contributed by atoms with van der Waals surface area (Å²) in [7, 11) is -3.53. The van der Waals surface area contributed by atoms with E-state index in [9.17, 15) is 13.5 Å². The molecule has 0 saturated carbocycles. The average Bonchev–Trinajstić information content (AvgIpc) is 2.17. The van der Waals surface area contributed by atoms with Crippen molar-refractivity contribution in [1.82, 2.24) is 0 Å². The summed E-state index contributed by atoms with van der Waals surface area (Å²) in [6, 6.07) is 5.84. The Morgan fingerprint density at radius 2 is 1.81 bits per heavy atom. The Morgan fingerprint density at radius 1 is 1.31 bits per heavy atom. The topological polar surface area (TPSA) is 106 Å². The van der Waals surface area contributed by atoms with Gasteiger partial charge in [-0.15, -0.1) is 0 Å². The lowest BCUT2D eigenvalue weighted by molar-refractivity contribution is 0.0930. The Balaban J connectivity index is 2.99. The number of benzene rings is 1. The first-order valence-electron chi connectivity index (χ1n) is 4.78. The van der Waals surface area contributed by atoms with Crippen molar-refractivity contribution >= 4 is 15.5 Å². The van der Waals surface area contributed by atoms with Crippen molar-refractivity contribution in [3.8, 4) is 0 Å². The molecule has 1 aromatic rings. The lowest BCUT2D eigenvalue weighted by Gasteiger charge is -2.20. The van der Waals surface area contributed by atoms with Crippen molar-refractivity contribution in [2.75, 3.05) is 18.0 Å². The van der Waals surface area contributed by atoms with Crippen LogP contribution in [-0.4, -0.2) is 31.4 Å². The highest BCUT2D eigenvalue weighted by Crippen LogP contribution is 2.17. The lowest BCUT2D eigenvalue weighted by atomic mass is 10.1. The molecule has 5 nitrogen and oxygen atoms in total. The van der Waals surface area contributed by atoms with Crippen molar-refractivity contribution in [3.05, 3.63) is 24.3 Å². The van der Waals surface area contributed by atoms with Gasteiger partial charge in [0.25, 0.3) is 0 Å². The zero-order chi connectivity index (χ0) is 12.4. The summed E-state index contributed by atoms with van der Waals surface area (Å²) in [5.41, 5.74) is 9.81. The third-order valence-corrected chi connectivity index (χ3v) is 4.17. The van der Waals surface area contributed by atoms with E-state index in [0.29, 0.717) is 5.69 Å². The minimum atomic E-state index is -3.53. The fourth-order valence-corrected chi connectivity index (χ4v) is 2.88. The van der Waals surface area contributed by atoms with Crippen LogP contribution < -0.4 is 11.5 Å². The maximum atomic E-state index is 11.9. The van der Waals surface area contributed by atoms with Gasteiger partial charge in [-0.1, -0.05) is 0 Å². The SMILES string of the molecule is C[C@@](O)(CN)CS(=O)(=O)c1ccc(N)cc1. The van der Waals surface area contributed by atoms with Crippen LogP contribution in [0.2, 0.25) is 0 Å². The van der Waals surface area contributed by atoms with Crippen LogP contribution in [0.5, 0.6) is 0 Å². The second-order valence-electron chi connectivity index (χ2n) is 4.03. The molecule has 1 aromatic carbocycles. The van der Waals surface area contributed by atoms with E-state index < -0.39 is 21.2 Å². The minimum Gasteiger partial charge on any atom is -0.399 e. The van der Waals surface area contributed by atoms with Gasteiger partial charge in [0.15, 0.2) is 9.84 Å². The second kappa shape index (κ2) is 4.40. The normalized spacial score (nSPS) is 15.7. The van der Waals surface area contributed by atoms with E-state index in [4.69, 9.17) is 11.5 Å². The molecule has 0 unspecified atom stereocenters. The molecule has 0 aliphatic rings. The third kappa shape index (κ3) is 3.19. The lowest BCUT2D eigenvalue weighted by Crippen LogP contribution is -2.41. The Morgan fingerprint density at radius 3 is 2.25 bits per heavy atom. The van der Waals surface area contributed by atoms with Gasteiger partial charge in [0.1, 0.15) is 0 Å². The molecule has 0 saturated heterocycles. The molecule has 6 heteroatoms. The van der Waals surface area contributed by atoms with E-state index in [1.54, 1.807) is 0 Å². The number of anilines is 1. The van der Waals surface area contributed by atoms with E-state index in [1.165, 1.54) is 31.2 Å². The molecule has 0 aromatic heterocycles. The van der Waals surface area contributed by atoms with E-state index in [0.717, 1.165) is 0 Å². The molecule has 0 amide bonds. The van der Waals surface area contributed by atoms with Crippen LogP contribution in [0.3, 0.4) is 0 Å². The van der Waals surface area contributed by atoms with Gasteiger partial charge in [0, 0.05) is 12.2 Å². The van der Waals surface area contributed by atoms with Gasteiger partial charge in [-0.05, 0) is 31.2 Å². The zero-order valence-corrected chi connectivity index (χ0v) is 9.87. The molecular weight excluding hydrogens is 228 g/mol. The quantitative estimate of drug-likeness (QED) is 0.633. The fraction of sp³-hybridized carbons (Fsp3) is 0.400. The van der Waals surface area contributed by atoms with Crippen LogP contribution in [0, 0.1) is 0 Å². The van der Waals surface area contributed by atoms with Crippen LogP contribution in [0.25, 0.3) is 0 Å². The van der Waals surface area contributed by atoms with Gasteiger partial charge < -0.3 is 16.6 Å². The number of sulfone groups is 1. The highest BCUT2D eigenvalue weighted by Gasteiger charge is 2.28. The number of hydrogen-bond donors (Lipinski definition) is 3. The molecule has 16 heavy (non-hydrogen) atoms. The first kappa shape index (κ1) is 13.0. The standard InChI is InChI=1S/C10H16N2O3S/c1-10(13,6-11)7-16(14,15)9-4-2-8(12)3-5-9/h2-5,13H,6-7,11-12H2,1H3/t10-/m1/s1. The molecule has 0 radical (unpaired) electrons. The van der Waals surface area contributed by atoms with Crippen molar-refractivity contribution in [2.24, 2.45) is 5.73 Å². The predicted octanol–water partition coefficient (Wildman–Crippen LogP) is -0.248. The summed E-state index contributed by atoms with van der Waals surface area (Å²) in [4.78, 5) is 0.135. The van der Waals surface area contributed by atoms with E-state index in [1.807, 2.05) is 0 Å². The second-order valence-corrected chi connectivity index (χ2v) is 6.02. The molecule has 0 bridgehead atoms. The van der Waals surface area contributed by atoms with Gasteiger partial charge in [-0.2, -0.15) is 0 Å². The van der Waals surface area contributed by atoms with Gasteiger partial charge in [0.2, 0.25) is 0 Å².